The number of alkyl halides is 3. The van der Waals surface area contributed by atoms with Crippen LogP contribution in [-0.2, 0) is 20.9 Å². The van der Waals surface area contributed by atoms with Crippen LogP contribution in [0.15, 0.2) is 66.1 Å². The number of ether oxygens (including phenoxy) is 1. The van der Waals surface area contributed by atoms with E-state index in [1.807, 2.05) is 0 Å². The molecule has 1 N–H and O–H groups in total. The molecule has 0 radical (unpaired) electrons. The van der Waals surface area contributed by atoms with Crippen LogP contribution in [0.4, 0.5) is 18.9 Å². The summed E-state index contributed by atoms with van der Waals surface area (Å²) in [4.78, 5) is 11.4. The van der Waals surface area contributed by atoms with Gasteiger partial charge in [0.2, 0.25) is 0 Å². The number of rotatable bonds is 6. The number of hydrogen-bond donors (Lipinski definition) is 1. The highest BCUT2D eigenvalue weighted by molar-refractivity contribution is 7.92. The first-order valence-electron chi connectivity index (χ1n) is 7.22. The van der Waals surface area contributed by atoms with E-state index in [-0.39, 0.29) is 17.9 Å². The first-order valence-corrected chi connectivity index (χ1v) is 8.70. The summed E-state index contributed by atoms with van der Waals surface area (Å²) in [5.41, 5.74) is -1.29. The predicted molar refractivity (Wildman–Crippen MR) is 89.2 cm³/mol. The van der Waals surface area contributed by atoms with Crippen molar-refractivity contribution in [3.63, 3.8) is 0 Å². The summed E-state index contributed by atoms with van der Waals surface area (Å²) < 4.78 is 70.2. The van der Waals surface area contributed by atoms with Gasteiger partial charge in [-0.3, -0.25) is 4.72 Å². The molecule has 26 heavy (non-hydrogen) atoms. The van der Waals surface area contributed by atoms with Crippen LogP contribution in [0.25, 0.3) is 0 Å². The van der Waals surface area contributed by atoms with Gasteiger partial charge in [0.1, 0.15) is 6.61 Å². The molecule has 2 aromatic carbocycles. The van der Waals surface area contributed by atoms with Gasteiger partial charge in [0.05, 0.1) is 21.7 Å². The lowest BCUT2D eigenvalue weighted by atomic mass is 10.2. The van der Waals surface area contributed by atoms with Crippen molar-refractivity contribution in [3.05, 3.63) is 72.3 Å². The molecule has 0 aromatic heterocycles. The van der Waals surface area contributed by atoms with Gasteiger partial charge in [-0.05, 0) is 30.3 Å². The van der Waals surface area contributed by atoms with Crippen LogP contribution in [0.5, 0.6) is 0 Å². The highest BCUT2D eigenvalue weighted by atomic mass is 32.2. The molecule has 0 heterocycles. The Morgan fingerprint density at radius 3 is 2.50 bits per heavy atom. The molecule has 0 aliphatic carbocycles. The number of anilines is 1. The predicted octanol–water partition coefficient (Wildman–Crippen LogP) is 3.85. The summed E-state index contributed by atoms with van der Waals surface area (Å²) in [6, 6.07) is 8.88. The quantitative estimate of drug-likeness (QED) is 0.606. The fraction of sp³-hybridized carbons (Fsp3) is 0.118. The summed E-state index contributed by atoms with van der Waals surface area (Å²) in [6.45, 7) is 3.32. The van der Waals surface area contributed by atoms with Gasteiger partial charge in [-0.1, -0.05) is 30.9 Å². The summed E-state index contributed by atoms with van der Waals surface area (Å²) in [5, 5.41) is 0. The Kier molecular flexibility index (Phi) is 5.71. The van der Waals surface area contributed by atoms with Gasteiger partial charge in [0.25, 0.3) is 10.0 Å². The van der Waals surface area contributed by atoms with E-state index >= 15 is 0 Å². The van der Waals surface area contributed by atoms with Gasteiger partial charge < -0.3 is 4.74 Å². The molecule has 0 fully saturated rings. The summed E-state index contributed by atoms with van der Waals surface area (Å²) in [7, 11) is -4.35. The van der Waals surface area contributed by atoms with Crippen molar-refractivity contribution in [3.8, 4) is 0 Å². The molecule has 0 atom stereocenters. The van der Waals surface area contributed by atoms with Crippen LogP contribution in [0.1, 0.15) is 15.9 Å². The van der Waals surface area contributed by atoms with Crippen LogP contribution in [0.2, 0.25) is 0 Å². The van der Waals surface area contributed by atoms with Gasteiger partial charge in [-0.2, -0.15) is 13.2 Å². The number of halogens is 3. The number of para-hydroxylation sites is 1. The Bertz CT molecular complexity index is 924. The lowest BCUT2D eigenvalue weighted by Crippen LogP contribution is -2.17. The Morgan fingerprint density at radius 2 is 1.85 bits per heavy atom. The molecule has 0 amide bonds. The topological polar surface area (TPSA) is 72.5 Å². The number of esters is 1. The third kappa shape index (κ3) is 4.63. The monoisotopic (exact) mass is 385 g/mol. The molecule has 9 heteroatoms. The van der Waals surface area contributed by atoms with Crippen molar-refractivity contribution in [2.45, 2.75) is 11.1 Å². The lowest BCUT2D eigenvalue weighted by Gasteiger charge is -2.13. The smallest absolute Gasteiger partial charge is 0.416 e. The Labute approximate surface area is 148 Å². The van der Waals surface area contributed by atoms with Crippen LogP contribution in [0.3, 0.4) is 0 Å². The van der Waals surface area contributed by atoms with E-state index < -0.39 is 32.6 Å². The zero-order valence-electron chi connectivity index (χ0n) is 13.3. The standard InChI is InChI=1S/C17H14F3NO4S/c1-2-10-25-16(22)14-8-3-4-9-15(14)21-26(23,24)13-7-5-6-12(11-13)17(18,19)20/h2-9,11,21H,1,10H2. The molecule has 138 valence electrons. The molecule has 0 spiro atoms. The Hall–Kier alpha value is -2.81. The molecule has 0 bridgehead atoms. The fourth-order valence-corrected chi connectivity index (χ4v) is 3.13. The Balaban J connectivity index is 2.36. The van der Waals surface area contributed by atoms with Crippen molar-refractivity contribution >= 4 is 21.7 Å². The van der Waals surface area contributed by atoms with Crippen molar-refractivity contribution in [2.24, 2.45) is 0 Å². The first-order chi connectivity index (χ1) is 12.1. The average molecular weight is 385 g/mol. The second-order valence-electron chi connectivity index (χ2n) is 5.06. The number of hydrogen-bond acceptors (Lipinski definition) is 4. The molecule has 0 aliphatic heterocycles. The van der Waals surface area contributed by atoms with E-state index in [0.29, 0.717) is 6.07 Å². The molecule has 0 unspecified atom stereocenters. The third-order valence-corrected chi connectivity index (χ3v) is 4.56. The summed E-state index contributed by atoms with van der Waals surface area (Å²) in [6.07, 6.45) is -3.34. The van der Waals surface area contributed by atoms with E-state index in [2.05, 4.69) is 11.3 Å². The maximum absolute atomic E-state index is 12.8. The maximum atomic E-state index is 12.8. The van der Waals surface area contributed by atoms with Crippen LogP contribution >= 0.6 is 0 Å². The molecule has 2 rings (SSSR count). The van der Waals surface area contributed by atoms with Crippen molar-refractivity contribution in [1.82, 2.24) is 0 Å². The minimum Gasteiger partial charge on any atom is -0.458 e. The number of carbonyl (C=O) groups excluding carboxylic acids is 1. The van der Waals surface area contributed by atoms with Gasteiger partial charge >= 0.3 is 12.1 Å². The number of nitrogens with one attached hydrogen (secondary N) is 1. The minimum absolute atomic E-state index is 0.0758. The lowest BCUT2D eigenvalue weighted by molar-refractivity contribution is -0.137. The SMILES string of the molecule is C=CCOC(=O)c1ccccc1NS(=O)(=O)c1cccc(C(F)(F)F)c1. The van der Waals surface area contributed by atoms with Gasteiger partial charge in [-0.25, -0.2) is 13.2 Å². The largest absolute Gasteiger partial charge is 0.458 e. The third-order valence-electron chi connectivity index (χ3n) is 3.20. The minimum atomic E-state index is -4.68. The highest BCUT2D eigenvalue weighted by Gasteiger charge is 2.31. The molecular weight excluding hydrogens is 371 g/mol. The zero-order valence-corrected chi connectivity index (χ0v) is 14.1. The van der Waals surface area contributed by atoms with Crippen molar-refractivity contribution in [1.29, 1.82) is 0 Å². The van der Waals surface area contributed by atoms with Crippen LogP contribution in [-0.4, -0.2) is 21.0 Å². The van der Waals surface area contributed by atoms with Gasteiger partial charge in [-0.15, -0.1) is 0 Å². The first kappa shape index (κ1) is 19.5. The molecule has 0 saturated heterocycles. The molecule has 5 nitrogen and oxygen atoms in total. The van der Waals surface area contributed by atoms with E-state index in [1.54, 1.807) is 0 Å². The highest BCUT2D eigenvalue weighted by Crippen LogP contribution is 2.31. The summed E-state index contributed by atoms with van der Waals surface area (Å²) in [5.74, 6) is -0.799. The van der Waals surface area contributed by atoms with Crippen molar-refractivity contribution < 1.29 is 31.1 Å². The summed E-state index contributed by atoms with van der Waals surface area (Å²) >= 11 is 0. The van der Waals surface area contributed by atoms with Crippen LogP contribution < -0.4 is 4.72 Å². The zero-order chi connectivity index (χ0) is 19.4. The number of sulfonamides is 1. The average Bonchev–Trinajstić information content (AvgIpc) is 2.59. The van der Waals surface area contributed by atoms with Gasteiger partial charge in [0, 0.05) is 0 Å². The number of benzene rings is 2. The van der Waals surface area contributed by atoms with Crippen molar-refractivity contribution in [2.75, 3.05) is 11.3 Å². The van der Waals surface area contributed by atoms with Crippen LogP contribution in [0, 0.1) is 0 Å². The van der Waals surface area contributed by atoms with E-state index in [4.69, 9.17) is 4.74 Å². The number of carbonyl (C=O) groups is 1. The maximum Gasteiger partial charge on any atom is 0.416 e. The van der Waals surface area contributed by atoms with Gasteiger partial charge in [0.15, 0.2) is 0 Å². The molecule has 0 aliphatic rings. The molecule has 0 saturated carbocycles. The second-order valence-corrected chi connectivity index (χ2v) is 6.75. The normalized spacial score (nSPS) is 11.7. The van der Waals surface area contributed by atoms with E-state index in [9.17, 15) is 26.4 Å². The molecular formula is C17H14F3NO4S. The molecule has 2 aromatic rings. The fourth-order valence-electron chi connectivity index (χ4n) is 2.01. The Morgan fingerprint density at radius 1 is 1.15 bits per heavy atom. The second kappa shape index (κ2) is 7.61. The van der Waals surface area contributed by atoms with E-state index in [1.165, 1.54) is 30.3 Å². The van der Waals surface area contributed by atoms with E-state index in [0.717, 1.165) is 18.2 Å².